The molecule has 0 atom stereocenters. The van der Waals surface area contributed by atoms with Crippen LogP contribution in [0.1, 0.15) is 23.2 Å². The lowest BCUT2D eigenvalue weighted by Gasteiger charge is -2.11. The van der Waals surface area contributed by atoms with Crippen molar-refractivity contribution in [3.63, 3.8) is 0 Å². The van der Waals surface area contributed by atoms with Crippen LogP contribution in [0.15, 0.2) is 28.1 Å². The van der Waals surface area contributed by atoms with Crippen LogP contribution in [0, 0.1) is 12.3 Å². The number of nitrogens with one attached hydrogen (secondary N) is 1. The lowest BCUT2D eigenvalue weighted by atomic mass is 10.2. The Balaban J connectivity index is 1.95. The van der Waals surface area contributed by atoms with Gasteiger partial charge in [-0.1, -0.05) is 28.8 Å². The van der Waals surface area contributed by atoms with E-state index in [1.807, 2.05) is 18.2 Å². The maximum absolute atomic E-state index is 5.56. The van der Waals surface area contributed by atoms with Crippen molar-refractivity contribution in [3.05, 3.63) is 44.3 Å². The molecule has 0 fully saturated rings. The molecule has 110 valence electrons. The predicted molar refractivity (Wildman–Crippen MR) is 90.5 cm³/mol. The molecule has 0 radical (unpaired) electrons. The Hall–Kier alpha value is -1.35. The van der Waals surface area contributed by atoms with Gasteiger partial charge in [-0.2, -0.15) is 0 Å². The average molecular weight is 365 g/mol. The summed E-state index contributed by atoms with van der Waals surface area (Å²) in [5.74, 6) is 3.30. The number of benzene rings is 1. The van der Waals surface area contributed by atoms with E-state index in [0.717, 1.165) is 34.4 Å². The normalized spacial score (nSPS) is 10.3. The van der Waals surface area contributed by atoms with E-state index in [4.69, 9.17) is 11.2 Å². The van der Waals surface area contributed by atoms with Crippen LogP contribution in [-0.4, -0.2) is 11.6 Å². The summed E-state index contributed by atoms with van der Waals surface area (Å²) in [6, 6.07) is 5.91. The largest absolute Gasteiger partial charge is 0.481 e. The van der Waals surface area contributed by atoms with E-state index in [1.165, 1.54) is 5.01 Å². The fourth-order valence-corrected chi connectivity index (χ4v) is 3.02. The van der Waals surface area contributed by atoms with Crippen LogP contribution in [0.5, 0.6) is 5.75 Å². The minimum Gasteiger partial charge on any atom is -0.481 e. The number of aromatic nitrogens is 1. The lowest BCUT2D eigenvalue weighted by molar-refractivity contribution is 0.364. The fraction of sp³-hybridized carbons (Fsp3) is 0.312. The van der Waals surface area contributed by atoms with Crippen molar-refractivity contribution in [1.29, 1.82) is 0 Å². The Morgan fingerprint density at radius 1 is 1.43 bits per heavy atom. The topological polar surface area (TPSA) is 34.1 Å². The highest BCUT2D eigenvalue weighted by Crippen LogP contribution is 2.23. The van der Waals surface area contributed by atoms with Gasteiger partial charge in [0.15, 0.2) is 0 Å². The summed E-state index contributed by atoms with van der Waals surface area (Å²) in [7, 11) is 0. The number of terminal acetylenes is 1. The monoisotopic (exact) mass is 364 g/mol. The number of rotatable bonds is 7. The quantitative estimate of drug-likeness (QED) is 0.759. The molecule has 0 aliphatic heterocycles. The molecule has 0 bridgehead atoms. The Morgan fingerprint density at radius 3 is 3.00 bits per heavy atom. The van der Waals surface area contributed by atoms with Crippen LogP contribution < -0.4 is 10.1 Å². The van der Waals surface area contributed by atoms with Crippen molar-refractivity contribution in [3.8, 4) is 18.1 Å². The zero-order valence-electron chi connectivity index (χ0n) is 11.9. The molecule has 5 heteroatoms. The number of nitrogens with zero attached hydrogens (tertiary/aromatic N) is 1. The minimum absolute atomic E-state index is 0.278. The number of ether oxygens (including phenoxy) is 1. The second-order valence-corrected chi connectivity index (χ2v) is 6.29. The molecule has 21 heavy (non-hydrogen) atoms. The summed E-state index contributed by atoms with van der Waals surface area (Å²) in [6.07, 6.45) is 6.23. The lowest BCUT2D eigenvalue weighted by Crippen LogP contribution is -2.14. The molecular weight excluding hydrogens is 348 g/mol. The number of halogens is 1. The summed E-state index contributed by atoms with van der Waals surface area (Å²) in [4.78, 5) is 4.54. The third kappa shape index (κ3) is 4.85. The third-order valence-corrected chi connectivity index (χ3v) is 4.39. The number of hydrogen-bond donors (Lipinski definition) is 1. The molecule has 1 heterocycles. The van der Waals surface area contributed by atoms with Gasteiger partial charge < -0.3 is 10.1 Å². The Labute approximate surface area is 137 Å². The Kier molecular flexibility index (Phi) is 6.24. The first-order valence-corrected chi connectivity index (χ1v) is 8.39. The first-order valence-electron chi connectivity index (χ1n) is 6.71. The molecule has 1 aromatic heterocycles. The molecule has 1 aromatic carbocycles. The summed E-state index contributed by atoms with van der Waals surface area (Å²) in [6.45, 7) is 3.85. The smallest absolute Gasteiger partial charge is 0.148 e. The van der Waals surface area contributed by atoms with Crippen molar-refractivity contribution in [2.75, 3.05) is 6.61 Å². The van der Waals surface area contributed by atoms with Crippen molar-refractivity contribution in [1.82, 2.24) is 10.3 Å². The SMILES string of the molecule is C#CCOc1ccc(Br)cc1CNCc1csc(CC)n1. The second kappa shape index (κ2) is 8.18. The highest BCUT2D eigenvalue weighted by molar-refractivity contribution is 9.10. The Morgan fingerprint density at radius 2 is 2.29 bits per heavy atom. The Bertz CT molecular complexity index is 633. The first kappa shape index (κ1) is 16.0. The molecule has 2 aromatic rings. The van der Waals surface area contributed by atoms with Crippen LogP contribution in [0.25, 0.3) is 0 Å². The molecule has 0 saturated carbocycles. The molecule has 3 nitrogen and oxygen atoms in total. The summed E-state index contributed by atoms with van der Waals surface area (Å²) < 4.78 is 6.58. The first-order chi connectivity index (χ1) is 10.2. The van der Waals surface area contributed by atoms with Gasteiger partial charge in [0.1, 0.15) is 12.4 Å². The molecule has 2 rings (SSSR count). The maximum Gasteiger partial charge on any atom is 0.148 e. The second-order valence-electron chi connectivity index (χ2n) is 4.43. The van der Waals surface area contributed by atoms with E-state index < -0.39 is 0 Å². The van der Waals surface area contributed by atoms with Crippen LogP contribution in [0.3, 0.4) is 0 Å². The van der Waals surface area contributed by atoms with Gasteiger partial charge >= 0.3 is 0 Å². The number of thiazole rings is 1. The van der Waals surface area contributed by atoms with Crippen LogP contribution in [0.4, 0.5) is 0 Å². The molecule has 1 N–H and O–H groups in total. The van der Waals surface area contributed by atoms with Crippen LogP contribution >= 0.6 is 27.3 Å². The zero-order valence-corrected chi connectivity index (χ0v) is 14.3. The van der Waals surface area contributed by atoms with Crippen molar-refractivity contribution in [2.45, 2.75) is 26.4 Å². The van der Waals surface area contributed by atoms with Gasteiger partial charge in [-0.3, -0.25) is 0 Å². The van der Waals surface area contributed by atoms with Gasteiger partial charge in [0.25, 0.3) is 0 Å². The van der Waals surface area contributed by atoms with Gasteiger partial charge in [0, 0.05) is 28.5 Å². The molecule has 0 spiro atoms. The summed E-state index contributed by atoms with van der Waals surface area (Å²) >= 11 is 5.19. The van der Waals surface area contributed by atoms with E-state index >= 15 is 0 Å². The van der Waals surface area contributed by atoms with Crippen molar-refractivity contribution >= 4 is 27.3 Å². The molecule has 0 aliphatic carbocycles. The van der Waals surface area contributed by atoms with E-state index in [0.29, 0.717) is 6.54 Å². The van der Waals surface area contributed by atoms with Crippen molar-refractivity contribution in [2.24, 2.45) is 0 Å². The minimum atomic E-state index is 0.278. The molecule has 0 unspecified atom stereocenters. The van der Waals surface area contributed by atoms with Gasteiger partial charge in [0.2, 0.25) is 0 Å². The highest BCUT2D eigenvalue weighted by Gasteiger charge is 2.05. The molecule has 0 aliphatic rings. The standard InChI is InChI=1S/C16H17BrN2OS/c1-3-7-20-15-6-5-13(17)8-12(15)9-18-10-14-11-21-16(4-2)19-14/h1,5-6,8,11,18H,4,7,9-10H2,2H3. The van der Waals surface area contributed by atoms with Gasteiger partial charge in [0.05, 0.1) is 10.7 Å². The summed E-state index contributed by atoms with van der Waals surface area (Å²) in [5.41, 5.74) is 2.16. The zero-order chi connectivity index (χ0) is 15.1. The average Bonchev–Trinajstić information content (AvgIpc) is 2.94. The summed E-state index contributed by atoms with van der Waals surface area (Å²) in [5, 5.41) is 6.66. The molecule has 0 amide bonds. The van der Waals surface area contributed by atoms with Crippen LogP contribution in [-0.2, 0) is 19.5 Å². The van der Waals surface area contributed by atoms with E-state index in [-0.39, 0.29) is 6.61 Å². The van der Waals surface area contributed by atoms with E-state index in [9.17, 15) is 0 Å². The molecular formula is C16H17BrN2OS. The maximum atomic E-state index is 5.56. The number of hydrogen-bond acceptors (Lipinski definition) is 4. The van der Waals surface area contributed by atoms with Crippen molar-refractivity contribution < 1.29 is 4.74 Å². The van der Waals surface area contributed by atoms with Gasteiger partial charge in [-0.25, -0.2) is 4.98 Å². The number of aryl methyl sites for hydroxylation is 1. The fourth-order valence-electron chi connectivity index (χ4n) is 1.86. The highest BCUT2D eigenvalue weighted by atomic mass is 79.9. The third-order valence-electron chi connectivity index (χ3n) is 2.86. The van der Waals surface area contributed by atoms with Gasteiger partial charge in [-0.05, 0) is 24.6 Å². The van der Waals surface area contributed by atoms with E-state index in [1.54, 1.807) is 11.3 Å². The predicted octanol–water partition coefficient (Wildman–Crippen LogP) is 3.77. The molecule has 0 saturated heterocycles. The van der Waals surface area contributed by atoms with Gasteiger partial charge in [-0.15, -0.1) is 17.8 Å². The van der Waals surface area contributed by atoms with Crippen LogP contribution in [0.2, 0.25) is 0 Å². The van der Waals surface area contributed by atoms with E-state index in [2.05, 4.69) is 44.5 Å².